The van der Waals surface area contributed by atoms with Gasteiger partial charge in [-0.15, -0.1) is 0 Å². The van der Waals surface area contributed by atoms with Gasteiger partial charge in [0.05, 0.1) is 5.52 Å². The number of piperidine rings is 2. The fraction of sp³-hybridized carbons (Fsp3) is 0.400. The van der Waals surface area contributed by atoms with Gasteiger partial charge in [0.1, 0.15) is 6.10 Å². The van der Waals surface area contributed by atoms with E-state index in [4.69, 9.17) is 4.74 Å². The molecule has 5 heterocycles. The predicted molar refractivity (Wildman–Crippen MR) is 152 cm³/mol. The minimum Gasteiger partial charge on any atom is -0.474 e. The molecule has 2 aliphatic heterocycles. The van der Waals surface area contributed by atoms with Crippen molar-refractivity contribution >= 4 is 22.5 Å². The molecule has 0 unspecified atom stereocenters. The van der Waals surface area contributed by atoms with E-state index in [-0.39, 0.29) is 30.5 Å². The number of carbonyl (C=O) groups is 1. The second kappa shape index (κ2) is 11.5. The van der Waals surface area contributed by atoms with Gasteiger partial charge in [-0.1, -0.05) is 6.07 Å². The number of nitrogens with zero attached hydrogens (tertiary/aromatic N) is 5. The summed E-state index contributed by atoms with van der Waals surface area (Å²) < 4.78 is 33.2. The first kappa shape index (κ1) is 27.2. The Morgan fingerprint density at radius 2 is 1.88 bits per heavy atom. The first-order valence-electron chi connectivity index (χ1n) is 14.0. The summed E-state index contributed by atoms with van der Waals surface area (Å²) in [5.74, 6) is -2.43. The van der Waals surface area contributed by atoms with Crippen LogP contribution in [0.2, 0.25) is 0 Å². The van der Waals surface area contributed by atoms with Gasteiger partial charge >= 0.3 is 0 Å². The summed E-state index contributed by atoms with van der Waals surface area (Å²) in [6.07, 6.45) is 6.90. The molecule has 1 amide bonds. The van der Waals surface area contributed by atoms with Crippen LogP contribution in [0.5, 0.6) is 5.88 Å². The van der Waals surface area contributed by atoms with Crippen LogP contribution < -0.4 is 10.1 Å². The molecule has 9 nitrogen and oxygen atoms in total. The summed E-state index contributed by atoms with van der Waals surface area (Å²) in [4.78, 5) is 26.3. The van der Waals surface area contributed by atoms with E-state index >= 15 is 0 Å². The third-order valence-electron chi connectivity index (χ3n) is 7.85. The number of aromatic amines is 1. The molecule has 0 bridgehead atoms. The molecule has 2 fully saturated rings. The number of fused-ring (bicyclic) bond motifs is 1. The number of likely N-dealkylation sites (tertiary alicyclic amines) is 2. The van der Waals surface area contributed by atoms with Crippen LogP contribution in [0.1, 0.15) is 41.7 Å². The average molecular weight is 562 g/mol. The smallest absolute Gasteiger partial charge is 0.276 e. The van der Waals surface area contributed by atoms with E-state index in [1.165, 1.54) is 0 Å². The van der Waals surface area contributed by atoms with E-state index in [0.717, 1.165) is 48.1 Å². The van der Waals surface area contributed by atoms with Crippen LogP contribution in [0, 0.1) is 0 Å². The van der Waals surface area contributed by atoms with Gasteiger partial charge in [0.15, 0.2) is 5.69 Å². The molecule has 2 aliphatic rings. The highest BCUT2D eigenvalue weighted by Gasteiger charge is 2.33. The Balaban J connectivity index is 1.16. The normalized spacial score (nSPS) is 18.4. The molecule has 0 saturated carbocycles. The molecular weight excluding hydrogens is 528 g/mol. The second-order valence-corrected chi connectivity index (χ2v) is 11.0. The quantitative estimate of drug-likeness (QED) is 0.329. The summed E-state index contributed by atoms with van der Waals surface area (Å²) in [5.41, 5.74) is 4.30. The minimum atomic E-state index is -2.57. The lowest BCUT2D eigenvalue weighted by molar-refractivity contribution is -0.0566. The first-order valence-corrected chi connectivity index (χ1v) is 14.0. The predicted octanol–water partition coefficient (Wildman–Crippen LogP) is 4.98. The zero-order valence-corrected chi connectivity index (χ0v) is 22.9. The Morgan fingerprint density at radius 1 is 1.07 bits per heavy atom. The lowest BCUT2D eigenvalue weighted by Gasteiger charge is -2.31. The van der Waals surface area contributed by atoms with Crippen molar-refractivity contribution in [2.24, 2.45) is 0 Å². The second-order valence-electron chi connectivity index (χ2n) is 11.0. The molecule has 2 N–H and O–H groups in total. The Morgan fingerprint density at radius 3 is 2.68 bits per heavy atom. The average Bonchev–Trinajstić information content (AvgIpc) is 3.39. The SMILES string of the molecule is CN1CCC(Oc2cc(NC(=O)c3n[nH]c4ccc(-c5cncc(CN6CCC(F)(F)CC6)c5)cc34)ccn2)CC1. The molecule has 2 saturated heterocycles. The van der Waals surface area contributed by atoms with Gasteiger partial charge in [0.25, 0.3) is 11.8 Å². The summed E-state index contributed by atoms with van der Waals surface area (Å²) in [6.45, 7) is 3.25. The molecule has 4 aromatic rings. The highest BCUT2D eigenvalue weighted by atomic mass is 19.3. The van der Waals surface area contributed by atoms with E-state index in [2.05, 4.69) is 37.4 Å². The molecule has 41 heavy (non-hydrogen) atoms. The first-order chi connectivity index (χ1) is 19.8. The molecule has 0 aliphatic carbocycles. The van der Waals surface area contributed by atoms with E-state index < -0.39 is 5.92 Å². The number of carbonyl (C=O) groups excluding carboxylic acids is 1. The van der Waals surface area contributed by atoms with Crippen molar-refractivity contribution < 1.29 is 18.3 Å². The summed E-state index contributed by atoms with van der Waals surface area (Å²) in [7, 11) is 2.10. The number of hydrogen-bond donors (Lipinski definition) is 2. The third kappa shape index (κ3) is 6.52. The molecule has 0 atom stereocenters. The number of halogens is 2. The zero-order valence-electron chi connectivity index (χ0n) is 22.9. The molecule has 1 aromatic carbocycles. The van der Waals surface area contributed by atoms with Crippen molar-refractivity contribution in [3.05, 3.63) is 66.2 Å². The molecule has 0 spiro atoms. The summed E-state index contributed by atoms with van der Waals surface area (Å²) >= 11 is 0. The van der Waals surface area contributed by atoms with E-state index in [1.807, 2.05) is 29.2 Å². The topological polar surface area (TPSA) is 99.3 Å². The number of benzene rings is 1. The molecule has 3 aromatic heterocycles. The Hall–Kier alpha value is -3.96. The Bertz CT molecular complexity index is 1520. The molecular formula is C30H33F2N7O2. The van der Waals surface area contributed by atoms with Gasteiger partial charge in [-0.2, -0.15) is 5.10 Å². The van der Waals surface area contributed by atoms with E-state index in [9.17, 15) is 13.6 Å². The van der Waals surface area contributed by atoms with Crippen LogP contribution in [0.15, 0.2) is 55.0 Å². The standard InChI is InChI=1S/C30H33F2N7O2/c1-38-10-5-24(6-11-38)41-27-16-23(4-9-34-27)35-29(40)28-25-15-21(2-3-26(25)36-37-28)22-14-20(17-33-18-22)19-39-12-7-30(31,32)8-13-39/h2-4,9,14-18,24H,5-8,10-13,19H2,1H3,(H,36,37)(H,34,35,40). The van der Waals surface area contributed by atoms with E-state index in [0.29, 0.717) is 36.6 Å². The maximum atomic E-state index is 13.5. The summed E-state index contributed by atoms with van der Waals surface area (Å²) in [6, 6.07) is 11.2. The summed E-state index contributed by atoms with van der Waals surface area (Å²) in [5, 5.41) is 10.8. The maximum Gasteiger partial charge on any atom is 0.276 e. The number of nitrogens with one attached hydrogen (secondary N) is 2. The monoisotopic (exact) mass is 561 g/mol. The number of aromatic nitrogens is 4. The number of ether oxygens (including phenoxy) is 1. The fourth-order valence-corrected chi connectivity index (χ4v) is 5.41. The van der Waals surface area contributed by atoms with Crippen LogP contribution in [-0.4, -0.2) is 81.1 Å². The van der Waals surface area contributed by atoms with Gasteiger partial charge in [0.2, 0.25) is 5.88 Å². The Labute approximate surface area is 236 Å². The number of H-pyrrole nitrogens is 1. The zero-order chi connectivity index (χ0) is 28.4. The van der Waals surface area contributed by atoms with Crippen molar-refractivity contribution in [2.75, 3.05) is 38.5 Å². The van der Waals surface area contributed by atoms with Crippen LogP contribution in [0.4, 0.5) is 14.5 Å². The number of alkyl halides is 2. The third-order valence-corrected chi connectivity index (χ3v) is 7.85. The highest BCUT2D eigenvalue weighted by Crippen LogP contribution is 2.30. The van der Waals surface area contributed by atoms with Gasteiger partial charge in [-0.05, 0) is 55.3 Å². The fourth-order valence-electron chi connectivity index (χ4n) is 5.41. The molecule has 6 rings (SSSR count). The van der Waals surface area contributed by atoms with Gasteiger partial charge in [-0.3, -0.25) is 19.8 Å². The lowest BCUT2D eigenvalue weighted by Crippen LogP contribution is -2.38. The van der Waals surface area contributed by atoms with Crippen molar-refractivity contribution in [1.29, 1.82) is 0 Å². The van der Waals surface area contributed by atoms with Gasteiger partial charge < -0.3 is 15.0 Å². The number of amides is 1. The molecule has 0 radical (unpaired) electrons. The van der Waals surface area contributed by atoms with Crippen molar-refractivity contribution in [3.8, 4) is 17.0 Å². The van der Waals surface area contributed by atoms with Gasteiger partial charge in [-0.25, -0.2) is 13.8 Å². The van der Waals surface area contributed by atoms with Crippen LogP contribution in [0.3, 0.4) is 0 Å². The number of hydrogen-bond acceptors (Lipinski definition) is 7. The largest absolute Gasteiger partial charge is 0.474 e. The van der Waals surface area contributed by atoms with Crippen LogP contribution in [0.25, 0.3) is 22.0 Å². The van der Waals surface area contributed by atoms with Gasteiger partial charge in [0, 0.05) is 86.9 Å². The lowest BCUT2D eigenvalue weighted by atomic mass is 10.0. The van der Waals surface area contributed by atoms with Crippen LogP contribution >= 0.6 is 0 Å². The van der Waals surface area contributed by atoms with Crippen molar-refractivity contribution in [3.63, 3.8) is 0 Å². The highest BCUT2D eigenvalue weighted by molar-refractivity contribution is 6.11. The number of pyridine rings is 2. The minimum absolute atomic E-state index is 0.107. The molecule has 11 heteroatoms. The number of rotatable bonds is 7. The van der Waals surface area contributed by atoms with Crippen molar-refractivity contribution in [1.82, 2.24) is 30.0 Å². The Kier molecular flexibility index (Phi) is 7.63. The molecule has 214 valence electrons. The maximum absolute atomic E-state index is 13.5. The van der Waals surface area contributed by atoms with E-state index in [1.54, 1.807) is 30.7 Å². The number of anilines is 1. The van der Waals surface area contributed by atoms with Crippen molar-refractivity contribution in [2.45, 2.75) is 44.3 Å². The van der Waals surface area contributed by atoms with Crippen LogP contribution in [-0.2, 0) is 6.54 Å².